The second kappa shape index (κ2) is 5.71. The fourth-order valence-corrected chi connectivity index (χ4v) is 3.63. The number of hydrogen-bond donors (Lipinski definition) is 0. The Morgan fingerprint density at radius 2 is 1.90 bits per heavy atom. The molecule has 1 amide bonds. The Bertz CT molecular complexity index is 624. The predicted molar refractivity (Wildman–Crippen MR) is 84.6 cm³/mol. The van der Waals surface area contributed by atoms with Crippen LogP contribution in [0.5, 0.6) is 0 Å². The van der Waals surface area contributed by atoms with Gasteiger partial charge in [0.15, 0.2) is 0 Å². The molecule has 2 aromatic rings. The molecule has 1 aliphatic heterocycles. The van der Waals surface area contributed by atoms with Gasteiger partial charge in [-0.25, -0.2) is 0 Å². The molecule has 0 fully saturated rings. The van der Waals surface area contributed by atoms with E-state index in [1.54, 1.807) is 0 Å². The van der Waals surface area contributed by atoms with E-state index in [0.717, 1.165) is 30.0 Å². The molecule has 2 aromatic carbocycles. The molecule has 0 atom stereocenters. The van der Waals surface area contributed by atoms with Crippen LogP contribution in [0.4, 0.5) is 5.69 Å². The monoisotopic (exact) mass is 283 g/mol. The van der Waals surface area contributed by atoms with Crippen LogP contribution in [-0.4, -0.2) is 18.2 Å². The van der Waals surface area contributed by atoms with Crippen molar-refractivity contribution in [2.45, 2.75) is 18.2 Å². The first-order chi connectivity index (χ1) is 9.77. The highest BCUT2D eigenvalue weighted by Gasteiger charge is 2.23. The van der Waals surface area contributed by atoms with E-state index in [1.165, 1.54) is 10.5 Å². The second-order valence-corrected chi connectivity index (χ2v) is 6.08. The Morgan fingerprint density at radius 3 is 2.70 bits per heavy atom. The number of benzene rings is 2. The summed E-state index contributed by atoms with van der Waals surface area (Å²) in [5.41, 5.74) is 3.01. The van der Waals surface area contributed by atoms with Gasteiger partial charge in [0, 0.05) is 17.0 Å². The molecule has 2 nitrogen and oxygen atoms in total. The predicted octanol–water partition coefficient (Wildman–Crippen LogP) is 4.14. The maximum Gasteiger partial charge on any atom is 0.258 e. The van der Waals surface area contributed by atoms with Gasteiger partial charge >= 0.3 is 0 Å². The molecule has 1 aliphatic rings. The summed E-state index contributed by atoms with van der Waals surface area (Å²) in [7, 11) is 0. The van der Waals surface area contributed by atoms with Crippen molar-refractivity contribution in [1.82, 2.24) is 0 Å². The van der Waals surface area contributed by atoms with Gasteiger partial charge < -0.3 is 4.90 Å². The van der Waals surface area contributed by atoms with Gasteiger partial charge in [-0.1, -0.05) is 30.3 Å². The van der Waals surface area contributed by atoms with Crippen LogP contribution in [0, 0.1) is 6.92 Å². The van der Waals surface area contributed by atoms with E-state index in [1.807, 2.05) is 47.0 Å². The Morgan fingerprint density at radius 1 is 1.10 bits per heavy atom. The van der Waals surface area contributed by atoms with Gasteiger partial charge in [0.25, 0.3) is 5.91 Å². The first-order valence-corrected chi connectivity index (χ1v) is 7.85. The first kappa shape index (κ1) is 13.3. The van der Waals surface area contributed by atoms with Crippen LogP contribution in [-0.2, 0) is 0 Å². The Hall–Kier alpha value is -1.74. The van der Waals surface area contributed by atoms with E-state index < -0.39 is 0 Å². The standard InChI is InChI=1S/C17H17NOS/c1-13-7-5-10-15-16(13)18(11-6-12-20-15)17(19)14-8-3-2-4-9-14/h2-5,7-10H,6,11-12H2,1H3. The normalized spacial score (nSPS) is 14.6. The summed E-state index contributed by atoms with van der Waals surface area (Å²) < 4.78 is 0. The maximum atomic E-state index is 12.8. The average molecular weight is 283 g/mol. The highest BCUT2D eigenvalue weighted by atomic mass is 32.2. The fourth-order valence-electron chi connectivity index (χ4n) is 2.55. The molecule has 0 radical (unpaired) electrons. The summed E-state index contributed by atoms with van der Waals surface area (Å²) in [5.74, 6) is 1.17. The van der Waals surface area contributed by atoms with Gasteiger partial charge in [-0.2, -0.15) is 0 Å². The molecule has 0 saturated heterocycles. The molecular weight excluding hydrogens is 266 g/mol. The maximum absolute atomic E-state index is 12.8. The highest BCUT2D eigenvalue weighted by Crippen LogP contribution is 2.36. The summed E-state index contributed by atoms with van der Waals surface area (Å²) in [5, 5.41) is 0. The Kier molecular flexibility index (Phi) is 3.79. The van der Waals surface area contributed by atoms with E-state index >= 15 is 0 Å². The van der Waals surface area contributed by atoms with Gasteiger partial charge in [-0.05, 0) is 42.9 Å². The second-order valence-electron chi connectivity index (χ2n) is 4.95. The number of anilines is 1. The molecule has 102 valence electrons. The minimum Gasteiger partial charge on any atom is -0.307 e. The van der Waals surface area contributed by atoms with Crippen LogP contribution in [0.15, 0.2) is 53.4 Å². The summed E-state index contributed by atoms with van der Waals surface area (Å²) in [6.45, 7) is 2.87. The smallest absolute Gasteiger partial charge is 0.258 e. The third kappa shape index (κ3) is 2.46. The summed E-state index contributed by atoms with van der Waals surface area (Å²) in [4.78, 5) is 15.9. The lowest BCUT2D eigenvalue weighted by molar-refractivity contribution is 0.0986. The third-order valence-corrected chi connectivity index (χ3v) is 4.65. The molecule has 0 saturated carbocycles. The van der Waals surface area contributed by atoms with Crippen molar-refractivity contribution in [1.29, 1.82) is 0 Å². The fraction of sp³-hybridized carbons (Fsp3) is 0.235. The number of thioether (sulfide) groups is 1. The van der Waals surface area contributed by atoms with Gasteiger partial charge in [0.2, 0.25) is 0 Å². The number of rotatable bonds is 1. The minimum absolute atomic E-state index is 0.101. The minimum atomic E-state index is 0.101. The number of hydrogen-bond acceptors (Lipinski definition) is 2. The highest BCUT2D eigenvalue weighted by molar-refractivity contribution is 7.99. The van der Waals surface area contributed by atoms with Crippen molar-refractivity contribution in [3.8, 4) is 0 Å². The number of nitrogens with zero attached hydrogens (tertiary/aromatic N) is 1. The molecule has 0 aliphatic carbocycles. The molecule has 0 bridgehead atoms. The van der Waals surface area contributed by atoms with Crippen molar-refractivity contribution in [2.75, 3.05) is 17.2 Å². The number of fused-ring (bicyclic) bond motifs is 1. The lowest BCUT2D eigenvalue weighted by Gasteiger charge is -2.24. The van der Waals surface area contributed by atoms with Gasteiger partial charge in [-0.15, -0.1) is 11.8 Å². The van der Waals surface area contributed by atoms with E-state index in [2.05, 4.69) is 25.1 Å². The molecule has 0 unspecified atom stereocenters. The average Bonchev–Trinajstić information content (AvgIpc) is 2.71. The SMILES string of the molecule is Cc1cccc2c1N(C(=O)c1ccccc1)CCCS2. The quantitative estimate of drug-likeness (QED) is 0.784. The first-order valence-electron chi connectivity index (χ1n) is 6.87. The lowest BCUT2D eigenvalue weighted by atomic mass is 10.1. The molecule has 0 N–H and O–H groups in total. The number of aryl methyl sites for hydroxylation is 1. The van der Waals surface area contributed by atoms with E-state index in [0.29, 0.717) is 0 Å². The topological polar surface area (TPSA) is 20.3 Å². The summed E-state index contributed by atoms with van der Waals surface area (Å²) in [6.07, 6.45) is 1.03. The summed E-state index contributed by atoms with van der Waals surface area (Å²) in [6, 6.07) is 15.8. The number of amides is 1. The molecule has 20 heavy (non-hydrogen) atoms. The van der Waals surface area contributed by atoms with Gasteiger partial charge in [0.05, 0.1) is 5.69 Å². The van der Waals surface area contributed by atoms with Crippen molar-refractivity contribution >= 4 is 23.4 Å². The summed E-state index contributed by atoms with van der Waals surface area (Å²) >= 11 is 1.85. The van der Waals surface area contributed by atoms with Gasteiger partial charge in [-0.3, -0.25) is 4.79 Å². The Labute approximate surface area is 123 Å². The van der Waals surface area contributed by atoms with Crippen molar-refractivity contribution in [3.63, 3.8) is 0 Å². The van der Waals surface area contributed by atoms with Crippen LogP contribution >= 0.6 is 11.8 Å². The molecule has 0 spiro atoms. The number of para-hydroxylation sites is 1. The zero-order chi connectivity index (χ0) is 13.9. The number of carbonyl (C=O) groups is 1. The van der Waals surface area contributed by atoms with Crippen molar-refractivity contribution in [2.24, 2.45) is 0 Å². The zero-order valence-corrected chi connectivity index (χ0v) is 12.3. The van der Waals surface area contributed by atoms with E-state index in [9.17, 15) is 4.79 Å². The zero-order valence-electron chi connectivity index (χ0n) is 11.5. The number of carbonyl (C=O) groups excluding carboxylic acids is 1. The van der Waals surface area contributed by atoms with Crippen LogP contribution in [0.1, 0.15) is 22.3 Å². The van der Waals surface area contributed by atoms with Crippen LogP contribution in [0.3, 0.4) is 0 Å². The lowest BCUT2D eigenvalue weighted by Crippen LogP contribution is -2.32. The third-order valence-electron chi connectivity index (χ3n) is 3.52. The van der Waals surface area contributed by atoms with E-state index in [-0.39, 0.29) is 5.91 Å². The molecule has 1 heterocycles. The Balaban J connectivity index is 2.04. The van der Waals surface area contributed by atoms with E-state index in [4.69, 9.17) is 0 Å². The van der Waals surface area contributed by atoms with Gasteiger partial charge in [0.1, 0.15) is 0 Å². The molecular formula is C17H17NOS. The largest absolute Gasteiger partial charge is 0.307 e. The van der Waals surface area contributed by atoms with Crippen molar-refractivity contribution in [3.05, 3.63) is 59.7 Å². The molecule has 0 aromatic heterocycles. The van der Waals surface area contributed by atoms with Crippen LogP contribution < -0.4 is 4.90 Å². The molecule has 3 heteroatoms. The molecule has 3 rings (SSSR count). The van der Waals surface area contributed by atoms with Crippen LogP contribution in [0.2, 0.25) is 0 Å². The van der Waals surface area contributed by atoms with Crippen LogP contribution in [0.25, 0.3) is 0 Å². The van der Waals surface area contributed by atoms with Crippen molar-refractivity contribution < 1.29 is 4.79 Å².